The summed E-state index contributed by atoms with van der Waals surface area (Å²) in [7, 11) is 0. The number of nitrogens with one attached hydrogen (secondary N) is 2. The maximum Gasteiger partial charge on any atom is 0.270 e. The van der Waals surface area contributed by atoms with Crippen molar-refractivity contribution in [1.29, 1.82) is 5.26 Å². The molecule has 2 aromatic rings. The van der Waals surface area contributed by atoms with Gasteiger partial charge >= 0.3 is 0 Å². The number of carbonyl (C=O) groups is 1. The first-order valence-electron chi connectivity index (χ1n) is 9.73. The number of amides is 1. The molecule has 1 atom stereocenters. The summed E-state index contributed by atoms with van der Waals surface area (Å²) in [6, 6.07) is 9.91. The summed E-state index contributed by atoms with van der Waals surface area (Å²) in [6.07, 6.45) is 3.15. The van der Waals surface area contributed by atoms with Crippen LogP contribution >= 0.6 is 0 Å². The Balaban J connectivity index is 1.77. The first kappa shape index (κ1) is 17.7. The summed E-state index contributed by atoms with van der Waals surface area (Å²) in [4.78, 5) is 13.2. The number of nitriles is 1. The lowest BCUT2D eigenvalue weighted by atomic mass is 10.0. The molecule has 2 N–H and O–H groups in total. The summed E-state index contributed by atoms with van der Waals surface area (Å²) in [5.74, 6) is 0.372. The van der Waals surface area contributed by atoms with E-state index in [0.29, 0.717) is 17.2 Å². The van der Waals surface area contributed by atoms with Crippen molar-refractivity contribution in [1.82, 2.24) is 20.4 Å². The molecule has 6 nitrogen and oxygen atoms in total. The molecular weight excluding hydrogens is 338 g/mol. The fraction of sp³-hybridized carbons (Fsp3) is 0.476. The first-order chi connectivity index (χ1) is 13.1. The lowest BCUT2D eigenvalue weighted by Gasteiger charge is -2.15. The second-order valence-corrected chi connectivity index (χ2v) is 7.78. The molecular formula is C21H25N5O. The molecule has 0 spiro atoms. The van der Waals surface area contributed by atoms with Crippen molar-refractivity contribution in [3.63, 3.8) is 0 Å². The zero-order chi connectivity index (χ0) is 19.0. The second kappa shape index (κ2) is 7.16. The van der Waals surface area contributed by atoms with E-state index < -0.39 is 0 Å². The Labute approximate surface area is 159 Å². The molecule has 2 fully saturated rings. The van der Waals surface area contributed by atoms with E-state index in [0.717, 1.165) is 49.2 Å². The average molecular weight is 363 g/mol. The van der Waals surface area contributed by atoms with Crippen LogP contribution in [0.15, 0.2) is 24.3 Å². The quantitative estimate of drug-likeness (QED) is 0.855. The number of benzene rings is 1. The molecule has 2 aliphatic rings. The van der Waals surface area contributed by atoms with Gasteiger partial charge in [0.1, 0.15) is 5.69 Å². The highest BCUT2D eigenvalue weighted by atomic mass is 16.2. The fourth-order valence-electron chi connectivity index (χ4n) is 3.75. The van der Waals surface area contributed by atoms with E-state index in [1.807, 2.05) is 28.9 Å². The summed E-state index contributed by atoms with van der Waals surface area (Å²) < 4.78 is 1.87. The minimum absolute atomic E-state index is 0.0216. The number of nitrogens with zero attached hydrogens (tertiary/aromatic N) is 3. The molecule has 6 heteroatoms. The highest BCUT2D eigenvalue weighted by Crippen LogP contribution is 2.46. The van der Waals surface area contributed by atoms with Crippen molar-refractivity contribution in [2.24, 2.45) is 0 Å². The van der Waals surface area contributed by atoms with Crippen molar-refractivity contribution < 1.29 is 4.79 Å². The van der Waals surface area contributed by atoms with Crippen molar-refractivity contribution in [2.45, 2.75) is 51.1 Å². The monoisotopic (exact) mass is 363 g/mol. The molecule has 1 aliphatic carbocycles. The first-order valence-corrected chi connectivity index (χ1v) is 9.73. The largest absolute Gasteiger partial charge is 0.347 e. The number of aromatic nitrogens is 2. The van der Waals surface area contributed by atoms with Gasteiger partial charge in [-0.2, -0.15) is 10.4 Å². The molecule has 4 rings (SSSR count). The van der Waals surface area contributed by atoms with Gasteiger partial charge in [-0.25, -0.2) is 0 Å². The average Bonchev–Trinajstić information content (AvgIpc) is 3.22. The number of hydrogen-bond acceptors (Lipinski definition) is 4. The van der Waals surface area contributed by atoms with Crippen LogP contribution in [0.3, 0.4) is 0 Å². The van der Waals surface area contributed by atoms with Crippen LogP contribution in [-0.4, -0.2) is 34.8 Å². The Morgan fingerprint density at radius 2 is 2.04 bits per heavy atom. The second-order valence-electron chi connectivity index (χ2n) is 7.78. The number of rotatable bonds is 5. The third-order valence-electron chi connectivity index (χ3n) is 5.32. The van der Waals surface area contributed by atoms with Gasteiger partial charge in [-0.05, 0) is 57.7 Å². The molecule has 1 aromatic heterocycles. The molecule has 27 heavy (non-hydrogen) atoms. The summed E-state index contributed by atoms with van der Waals surface area (Å²) in [5, 5.41) is 20.4. The molecule has 1 saturated heterocycles. The van der Waals surface area contributed by atoms with Gasteiger partial charge in [-0.1, -0.05) is 12.1 Å². The van der Waals surface area contributed by atoms with E-state index in [4.69, 9.17) is 10.4 Å². The molecule has 0 bridgehead atoms. The van der Waals surface area contributed by atoms with Gasteiger partial charge in [0.05, 0.1) is 17.3 Å². The summed E-state index contributed by atoms with van der Waals surface area (Å²) in [5.41, 5.74) is 4.25. The van der Waals surface area contributed by atoms with E-state index in [1.165, 1.54) is 0 Å². The van der Waals surface area contributed by atoms with Gasteiger partial charge in [-0.3, -0.25) is 9.48 Å². The predicted octanol–water partition coefficient (Wildman–Crippen LogP) is 2.97. The van der Waals surface area contributed by atoms with Gasteiger partial charge in [-0.15, -0.1) is 0 Å². The van der Waals surface area contributed by atoms with Gasteiger partial charge in [0.15, 0.2) is 0 Å². The van der Waals surface area contributed by atoms with Gasteiger partial charge in [0, 0.05) is 29.8 Å². The van der Waals surface area contributed by atoms with Crippen molar-refractivity contribution >= 4 is 5.91 Å². The lowest BCUT2D eigenvalue weighted by molar-refractivity contribution is 0.0926. The highest BCUT2D eigenvalue weighted by molar-refractivity contribution is 5.96. The van der Waals surface area contributed by atoms with Crippen molar-refractivity contribution in [3.8, 4) is 17.3 Å². The van der Waals surface area contributed by atoms with Crippen LogP contribution in [-0.2, 0) is 0 Å². The molecule has 2 heterocycles. The number of carbonyl (C=O) groups excluding carboxylic acids is 1. The molecule has 1 aromatic carbocycles. The lowest BCUT2D eigenvalue weighted by Crippen LogP contribution is -2.38. The van der Waals surface area contributed by atoms with Gasteiger partial charge < -0.3 is 10.6 Å². The third-order valence-corrected chi connectivity index (χ3v) is 5.32. The van der Waals surface area contributed by atoms with E-state index in [-0.39, 0.29) is 18.0 Å². The van der Waals surface area contributed by atoms with Crippen LogP contribution in [0.1, 0.15) is 66.7 Å². The zero-order valence-electron chi connectivity index (χ0n) is 15.8. The minimum Gasteiger partial charge on any atom is -0.347 e. The highest BCUT2D eigenvalue weighted by Gasteiger charge is 2.36. The Morgan fingerprint density at radius 3 is 2.59 bits per heavy atom. The zero-order valence-corrected chi connectivity index (χ0v) is 15.8. The maximum absolute atomic E-state index is 13.2. The molecule has 140 valence electrons. The van der Waals surface area contributed by atoms with Crippen molar-refractivity contribution in [3.05, 3.63) is 41.1 Å². The number of hydrogen-bond donors (Lipinski definition) is 2. The van der Waals surface area contributed by atoms with Crippen molar-refractivity contribution in [2.75, 3.05) is 13.1 Å². The van der Waals surface area contributed by atoms with E-state index in [1.54, 1.807) is 0 Å². The molecule has 1 amide bonds. The molecule has 1 aliphatic heterocycles. The predicted molar refractivity (Wildman–Crippen MR) is 103 cm³/mol. The normalized spacial score (nSPS) is 19.3. The maximum atomic E-state index is 13.2. The third kappa shape index (κ3) is 3.47. The summed E-state index contributed by atoms with van der Waals surface area (Å²) in [6.45, 7) is 5.88. The van der Waals surface area contributed by atoms with Crippen LogP contribution in [0.2, 0.25) is 0 Å². The molecule has 1 unspecified atom stereocenters. The van der Waals surface area contributed by atoms with Crippen LogP contribution in [0.4, 0.5) is 0 Å². The Morgan fingerprint density at radius 1 is 1.30 bits per heavy atom. The van der Waals surface area contributed by atoms with E-state index in [9.17, 15) is 4.79 Å². The van der Waals surface area contributed by atoms with Gasteiger partial charge in [0.25, 0.3) is 5.91 Å². The SMILES string of the molecule is CC(C)n1nc(-c2ccc(C#N)cc2)c(C2CC2)c1C(=O)NC1CCNC1. The van der Waals surface area contributed by atoms with Crippen LogP contribution < -0.4 is 10.6 Å². The smallest absolute Gasteiger partial charge is 0.270 e. The topological polar surface area (TPSA) is 82.7 Å². The van der Waals surface area contributed by atoms with Crippen LogP contribution in [0, 0.1) is 11.3 Å². The Bertz CT molecular complexity index is 881. The fourth-order valence-corrected chi connectivity index (χ4v) is 3.75. The van der Waals surface area contributed by atoms with Crippen LogP contribution in [0.5, 0.6) is 0 Å². The van der Waals surface area contributed by atoms with Crippen LogP contribution in [0.25, 0.3) is 11.3 Å². The standard InChI is InChI=1S/C21H25N5O/c1-13(2)26-20(21(27)24-17-9-10-23-12-17)18(15-7-8-15)19(25-26)16-5-3-14(11-22)4-6-16/h3-6,13,15,17,23H,7-10,12H2,1-2H3,(H,24,27). The Kier molecular flexibility index (Phi) is 4.71. The molecule has 0 radical (unpaired) electrons. The summed E-state index contributed by atoms with van der Waals surface area (Å²) >= 11 is 0. The van der Waals surface area contributed by atoms with Gasteiger partial charge in [0.2, 0.25) is 0 Å². The Hall–Kier alpha value is -2.65. The van der Waals surface area contributed by atoms with E-state index >= 15 is 0 Å². The molecule has 1 saturated carbocycles. The van der Waals surface area contributed by atoms with E-state index in [2.05, 4.69) is 30.6 Å². The minimum atomic E-state index is -0.0216.